The normalized spacial score (nSPS) is 12.0. The molecule has 1 unspecified atom stereocenters. The molecule has 0 amide bonds. The summed E-state index contributed by atoms with van der Waals surface area (Å²) in [7, 11) is 0. The summed E-state index contributed by atoms with van der Waals surface area (Å²) in [6.45, 7) is 4.56. The minimum Gasteiger partial charge on any atom is -0.479 e. The van der Waals surface area contributed by atoms with Gasteiger partial charge < -0.3 is 15.2 Å². The topological polar surface area (TPSA) is 61.5 Å². The number of benzene rings is 1. The maximum atomic E-state index is 11.8. The van der Waals surface area contributed by atoms with Crippen LogP contribution in [0.5, 0.6) is 5.75 Å². The molecule has 0 aliphatic heterocycles. The van der Waals surface area contributed by atoms with Crippen molar-refractivity contribution in [3.8, 4) is 5.75 Å². The maximum absolute atomic E-state index is 11.8. The van der Waals surface area contributed by atoms with Crippen LogP contribution in [-0.2, 0) is 16.1 Å². The highest BCUT2D eigenvalue weighted by Crippen LogP contribution is 2.23. The fourth-order valence-corrected chi connectivity index (χ4v) is 2.08. The van der Waals surface area contributed by atoms with Gasteiger partial charge in [0.15, 0.2) is 6.10 Å². The van der Waals surface area contributed by atoms with Crippen molar-refractivity contribution < 1.29 is 14.3 Å². The second-order valence-corrected chi connectivity index (χ2v) is 4.96. The van der Waals surface area contributed by atoms with Gasteiger partial charge in [0.05, 0.1) is 6.61 Å². The minimum atomic E-state index is -0.559. The fourth-order valence-electron chi connectivity index (χ4n) is 1.67. The number of rotatable bonds is 7. The van der Waals surface area contributed by atoms with Crippen LogP contribution in [-0.4, -0.2) is 18.7 Å². The molecule has 1 atom stereocenters. The average Bonchev–Trinajstić information content (AvgIpc) is 2.40. The van der Waals surface area contributed by atoms with E-state index in [-0.39, 0.29) is 5.97 Å². The lowest BCUT2D eigenvalue weighted by Gasteiger charge is -2.17. The van der Waals surface area contributed by atoms with Gasteiger partial charge in [-0.25, -0.2) is 4.79 Å². The Bertz CT molecular complexity index is 423. The molecular weight excluding hydrogens is 310 g/mol. The summed E-state index contributed by atoms with van der Waals surface area (Å²) in [6, 6.07) is 5.52. The predicted molar refractivity (Wildman–Crippen MR) is 78.0 cm³/mol. The van der Waals surface area contributed by atoms with Crippen molar-refractivity contribution in [2.75, 3.05) is 6.61 Å². The zero-order valence-electron chi connectivity index (χ0n) is 11.3. The van der Waals surface area contributed by atoms with Gasteiger partial charge in [-0.1, -0.05) is 29.3 Å². The molecule has 0 aliphatic carbocycles. The maximum Gasteiger partial charge on any atom is 0.347 e. The molecule has 1 aromatic rings. The van der Waals surface area contributed by atoms with Crippen LogP contribution in [0.15, 0.2) is 22.7 Å². The van der Waals surface area contributed by atoms with Gasteiger partial charge in [-0.15, -0.1) is 0 Å². The standard InChI is InChI=1S/C14H20BrNO3/c1-3-5-13(14(17)18-4-2)19-11-6-7-12(15)10(8-11)9-16/h6-8,13H,3-5,9,16H2,1-2H3. The van der Waals surface area contributed by atoms with Crippen LogP contribution in [0, 0.1) is 0 Å². The smallest absolute Gasteiger partial charge is 0.347 e. The highest BCUT2D eigenvalue weighted by Gasteiger charge is 2.21. The lowest BCUT2D eigenvalue weighted by atomic mass is 10.2. The number of hydrogen-bond acceptors (Lipinski definition) is 4. The molecule has 2 N–H and O–H groups in total. The molecule has 0 saturated heterocycles. The Kier molecular flexibility index (Phi) is 6.87. The number of carbonyl (C=O) groups excluding carboxylic acids is 1. The summed E-state index contributed by atoms with van der Waals surface area (Å²) < 4.78 is 11.7. The van der Waals surface area contributed by atoms with Crippen molar-refractivity contribution in [3.63, 3.8) is 0 Å². The van der Waals surface area contributed by atoms with Crippen molar-refractivity contribution >= 4 is 21.9 Å². The van der Waals surface area contributed by atoms with Crippen LogP contribution in [0.3, 0.4) is 0 Å². The Morgan fingerprint density at radius 1 is 1.42 bits per heavy atom. The Hall–Kier alpha value is -1.07. The third kappa shape index (κ3) is 4.84. The number of nitrogens with two attached hydrogens (primary N) is 1. The zero-order valence-corrected chi connectivity index (χ0v) is 12.9. The number of ether oxygens (including phenoxy) is 2. The van der Waals surface area contributed by atoms with Crippen LogP contribution in [0.1, 0.15) is 32.3 Å². The lowest BCUT2D eigenvalue weighted by molar-refractivity contribution is -0.151. The van der Waals surface area contributed by atoms with E-state index in [9.17, 15) is 4.79 Å². The van der Waals surface area contributed by atoms with Gasteiger partial charge in [-0.2, -0.15) is 0 Å². The van der Waals surface area contributed by atoms with Crippen LogP contribution >= 0.6 is 15.9 Å². The van der Waals surface area contributed by atoms with E-state index in [1.54, 1.807) is 6.92 Å². The summed E-state index contributed by atoms with van der Waals surface area (Å²) in [4.78, 5) is 11.8. The van der Waals surface area contributed by atoms with E-state index < -0.39 is 6.10 Å². The summed E-state index contributed by atoms with van der Waals surface area (Å²) in [5.74, 6) is 0.316. The number of hydrogen-bond donors (Lipinski definition) is 1. The quantitative estimate of drug-likeness (QED) is 0.781. The highest BCUT2D eigenvalue weighted by molar-refractivity contribution is 9.10. The van der Waals surface area contributed by atoms with E-state index in [0.29, 0.717) is 25.3 Å². The van der Waals surface area contributed by atoms with Gasteiger partial charge in [0, 0.05) is 11.0 Å². The molecule has 4 nitrogen and oxygen atoms in total. The van der Waals surface area contributed by atoms with Gasteiger partial charge in [0.2, 0.25) is 0 Å². The Balaban J connectivity index is 2.81. The molecule has 1 rings (SSSR count). The molecule has 0 aromatic heterocycles. The largest absolute Gasteiger partial charge is 0.479 e. The summed E-state index contributed by atoms with van der Waals surface area (Å²) in [5, 5.41) is 0. The third-order valence-corrected chi connectivity index (χ3v) is 3.39. The van der Waals surface area contributed by atoms with Gasteiger partial charge in [-0.3, -0.25) is 0 Å². The molecule has 0 aliphatic rings. The molecule has 0 heterocycles. The van der Waals surface area contributed by atoms with Crippen molar-refractivity contribution in [2.45, 2.75) is 39.3 Å². The van der Waals surface area contributed by atoms with Gasteiger partial charge in [0.1, 0.15) is 5.75 Å². The van der Waals surface area contributed by atoms with Crippen LogP contribution < -0.4 is 10.5 Å². The minimum absolute atomic E-state index is 0.318. The predicted octanol–water partition coefficient (Wildman–Crippen LogP) is 3.02. The zero-order chi connectivity index (χ0) is 14.3. The second-order valence-electron chi connectivity index (χ2n) is 4.10. The number of esters is 1. The van der Waals surface area contributed by atoms with Crippen molar-refractivity contribution in [1.82, 2.24) is 0 Å². The molecular formula is C14H20BrNO3. The molecule has 0 saturated carbocycles. The first-order valence-corrected chi connectivity index (χ1v) is 7.23. The van der Waals surface area contributed by atoms with E-state index in [0.717, 1.165) is 16.5 Å². The molecule has 0 fully saturated rings. The second kappa shape index (κ2) is 8.17. The first kappa shape index (κ1) is 16.0. The molecule has 0 spiro atoms. The van der Waals surface area contributed by atoms with E-state index in [1.807, 2.05) is 25.1 Å². The first-order chi connectivity index (χ1) is 9.12. The average molecular weight is 330 g/mol. The lowest BCUT2D eigenvalue weighted by Crippen LogP contribution is -2.29. The van der Waals surface area contributed by atoms with E-state index >= 15 is 0 Å². The van der Waals surface area contributed by atoms with Gasteiger partial charge in [-0.05, 0) is 37.1 Å². The van der Waals surface area contributed by atoms with Gasteiger partial charge in [0.25, 0.3) is 0 Å². The number of carbonyl (C=O) groups is 1. The van der Waals surface area contributed by atoms with E-state index in [4.69, 9.17) is 15.2 Å². The van der Waals surface area contributed by atoms with E-state index in [1.165, 1.54) is 0 Å². The molecule has 0 radical (unpaired) electrons. The molecule has 0 bridgehead atoms. The Labute approximate surface area is 122 Å². The summed E-state index contributed by atoms with van der Waals surface area (Å²) in [6.07, 6.45) is 0.924. The monoisotopic (exact) mass is 329 g/mol. The third-order valence-electron chi connectivity index (χ3n) is 2.62. The first-order valence-electron chi connectivity index (χ1n) is 6.44. The molecule has 106 valence electrons. The van der Waals surface area contributed by atoms with Crippen molar-refractivity contribution in [3.05, 3.63) is 28.2 Å². The Morgan fingerprint density at radius 3 is 2.74 bits per heavy atom. The number of halogens is 1. The molecule has 5 heteroatoms. The fraction of sp³-hybridized carbons (Fsp3) is 0.500. The Morgan fingerprint density at radius 2 is 2.16 bits per heavy atom. The van der Waals surface area contributed by atoms with Crippen LogP contribution in [0.25, 0.3) is 0 Å². The molecule has 19 heavy (non-hydrogen) atoms. The summed E-state index contributed by atoms with van der Waals surface area (Å²) >= 11 is 3.41. The van der Waals surface area contributed by atoms with Crippen molar-refractivity contribution in [1.29, 1.82) is 0 Å². The van der Waals surface area contributed by atoms with Crippen LogP contribution in [0.4, 0.5) is 0 Å². The highest BCUT2D eigenvalue weighted by atomic mass is 79.9. The van der Waals surface area contributed by atoms with E-state index in [2.05, 4.69) is 15.9 Å². The van der Waals surface area contributed by atoms with Gasteiger partial charge >= 0.3 is 5.97 Å². The SMILES string of the molecule is CCCC(Oc1ccc(Br)c(CN)c1)C(=O)OCC. The summed E-state index contributed by atoms with van der Waals surface area (Å²) in [5.41, 5.74) is 6.58. The molecule has 1 aromatic carbocycles. The van der Waals surface area contributed by atoms with Crippen molar-refractivity contribution in [2.24, 2.45) is 5.73 Å². The van der Waals surface area contributed by atoms with Crippen LogP contribution in [0.2, 0.25) is 0 Å².